The summed E-state index contributed by atoms with van der Waals surface area (Å²) in [5, 5.41) is 7.32. The molecule has 0 spiro atoms. The Kier molecular flexibility index (Phi) is 5.97. The second-order valence-corrected chi connectivity index (χ2v) is 6.87. The highest BCUT2D eigenvalue weighted by Gasteiger charge is 2.20. The molecule has 2 aromatic carbocycles. The van der Waals surface area contributed by atoms with Gasteiger partial charge in [-0.25, -0.2) is 4.68 Å². The zero-order valence-corrected chi connectivity index (χ0v) is 17.0. The number of aromatic nitrogens is 2. The van der Waals surface area contributed by atoms with Crippen LogP contribution in [0.4, 0.5) is 0 Å². The number of methoxy groups -OCH3 is 1. The van der Waals surface area contributed by atoms with Crippen LogP contribution in [0.1, 0.15) is 15.9 Å². The maximum absolute atomic E-state index is 12.9. The molecule has 1 N–H and O–H groups in total. The van der Waals surface area contributed by atoms with Gasteiger partial charge in [0.25, 0.3) is 5.91 Å². The molecular formula is C22H24N4O3. The molecule has 7 heteroatoms. The van der Waals surface area contributed by atoms with Crippen LogP contribution in [-0.4, -0.2) is 54.2 Å². The van der Waals surface area contributed by atoms with Crippen LogP contribution < -0.4 is 10.1 Å². The predicted octanol–water partition coefficient (Wildman–Crippen LogP) is 2.67. The van der Waals surface area contributed by atoms with Crippen LogP contribution in [0, 0.1) is 6.92 Å². The van der Waals surface area contributed by atoms with E-state index in [0.717, 1.165) is 16.8 Å². The summed E-state index contributed by atoms with van der Waals surface area (Å²) in [6, 6.07) is 15.2. The number of nitrogens with one attached hydrogen (secondary N) is 1. The Balaban J connectivity index is 2.01. The van der Waals surface area contributed by atoms with Gasteiger partial charge in [0.1, 0.15) is 11.4 Å². The van der Waals surface area contributed by atoms with E-state index >= 15 is 0 Å². The van der Waals surface area contributed by atoms with E-state index in [4.69, 9.17) is 4.74 Å². The van der Waals surface area contributed by atoms with Crippen molar-refractivity contribution in [2.24, 2.45) is 0 Å². The summed E-state index contributed by atoms with van der Waals surface area (Å²) in [6.45, 7) is 1.92. The normalized spacial score (nSPS) is 10.5. The third kappa shape index (κ3) is 4.63. The van der Waals surface area contributed by atoms with Crippen LogP contribution in [0.15, 0.2) is 54.7 Å². The maximum atomic E-state index is 12.9. The minimum atomic E-state index is -0.364. The molecule has 0 unspecified atom stereocenters. The molecule has 0 saturated heterocycles. The van der Waals surface area contributed by atoms with Crippen molar-refractivity contribution in [3.8, 4) is 22.7 Å². The molecule has 150 valence electrons. The summed E-state index contributed by atoms with van der Waals surface area (Å²) in [6.07, 6.45) is 1.68. The molecule has 3 rings (SSSR count). The average Bonchev–Trinajstić information content (AvgIpc) is 3.17. The van der Waals surface area contributed by atoms with Crippen LogP contribution in [0.3, 0.4) is 0 Å². The lowest BCUT2D eigenvalue weighted by atomic mass is 10.1. The predicted molar refractivity (Wildman–Crippen MR) is 111 cm³/mol. The first-order chi connectivity index (χ1) is 13.9. The number of benzene rings is 2. The monoisotopic (exact) mass is 392 g/mol. The molecule has 0 aliphatic carbocycles. The second kappa shape index (κ2) is 8.60. The minimum Gasteiger partial charge on any atom is -0.497 e. The fraction of sp³-hybridized carbons (Fsp3) is 0.227. The fourth-order valence-electron chi connectivity index (χ4n) is 2.76. The Bertz CT molecular complexity index is 1020. The third-order valence-electron chi connectivity index (χ3n) is 4.50. The van der Waals surface area contributed by atoms with Crippen molar-refractivity contribution < 1.29 is 14.3 Å². The summed E-state index contributed by atoms with van der Waals surface area (Å²) in [5.74, 6) is 0.116. The Morgan fingerprint density at radius 3 is 2.52 bits per heavy atom. The Hall–Kier alpha value is -3.61. The van der Waals surface area contributed by atoms with Gasteiger partial charge in [0.2, 0.25) is 5.91 Å². The van der Waals surface area contributed by atoms with Gasteiger partial charge in [-0.15, -0.1) is 0 Å². The lowest BCUT2D eigenvalue weighted by Crippen LogP contribution is -2.36. The van der Waals surface area contributed by atoms with E-state index in [0.29, 0.717) is 17.0 Å². The lowest BCUT2D eigenvalue weighted by molar-refractivity contribution is -0.127. The molecule has 0 atom stereocenters. The molecule has 1 aromatic heterocycles. The van der Waals surface area contributed by atoms with Crippen molar-refractivity contribution >= 4 is 11.8 Å². The minimum absolute atomic E-state index is 0.0842. The van der Waals surface area contributed by atoms with Gasteiger partial charge in [-0.05, 0) is 31.2 Å². The molecule has 0 saturated carbocycles. The number of hydrogen-bond acceptors (Lipinski definition) is 4. The zero-order chi connectivity index (χ0) is 21.0. The molecule has 2 amide bonds. The van der Waals surface area contributed by atoms with E-state index in [1.54, 1.807) is 32.1 Å². The SMILES string of the molecule is COc1cccc(-c2nn(-c3ccc(C)cc3)cc2C(=O)NCC(=O)N(C)C)c1. The van der Waals surface area contributed by atoms with Gasteiger partial charge in [-0.1, -0.05) is 29.8 Å². The number of amides is 2. The Labute approximate surface area is 169 Å². The van der Waals surface area contributed by atoms with Crippen molar-refractivity contribution in [3.63, 3.8) is 0 Å². The second-order valence-electron chi connectivity index (χ2n) is 6.87. The number of nitrogens with zero attached hydrogens (tertiary/aromatic N) is 3. The van der Waals surface area contributed by atoms with Gasteiger partial charge < -0.3 is 15.0 Å². The van der Waals surface area contributed by atoms with E-state index in [1.807, 2.05) is 55.5 Å². The first-order valence-corrected chi connectivity index (χ1v) is 9.18. The number of likely N-dealkylation sites (N-methyl/N-ethyl adjacent to an activating group) is 1. The first kappa shape index (κ1) is 20.1. The van der Waals surface area contributed by atoms with Crippen LogP contribution in [0.2, 0.25) is 0 Å². The molecule has 0 radical (unpaired) electrons. The molecule has 0 fully saturated rings. The number of carbonyl (C=O) groups excluding carboxylic acids is 2. The van der Waals surface area contributed by atoms with E-state index in [-0.39, 0.29) is 18.4 Å². The van der Waals surface area contributed by atoms with E-state index in [2.05, 4.69) is 10.4 Å². The van der Waals surface area contributed by atoms with E-state index < -0.39 is 0 Å². The highest BCUT2D eigenvalue weighted by atomic mass is 16.5. The molecule has 0 bridgehead atoms. The molecule has 7 nitrogen and oxygen atoms in total. The van der Waals surface area contributed by atoms with E-state index in [9.17, 15) is 9.59 Å². The van der Waals surface area contributed by atoms with Crippen LogP contribution in [0.25, 0.3) is 16.9 Å². The van der Waals surface area contributed by atoms with E-state index in [1.165, 1.54) is 4.90 Å². The maximum Gasteiger partial charge on any atom is 0.255 e. The molecule has 29 heavy (non-hydrogen) atoms. The number of rotatable bonds is 6. The van der Waals surface area contributed by atoms with Crippen molar-refractivity contribution in [1.82, 2.24) is 20.0 Å². The number of ether oxygens (including phenoxy) is 1. The third-order valence-corrected chi connectivity index (χ3v) is 4.50. The number of hydrogen-bond donors (Lipinski definition) is 1. The quantitative estimate of drug-likeness (QED) is 0.700. The van der Waals surface area contributed by atoms with Gasteiger partial charge in [-0.2, -0.15) is 5.10 Å². The lowest BCUT2D eigenvalue weighted by Gasteiger charge is -2.11. The highest BCUT2D eigenvalue weighted by Crippen LogP contribution is 2.27. The van der Waals surface area contributed by atoms with Gasteiger partial charge in [0.05, 0.1) is 24.9 Å². The molecule has 1 heterocycles. The molecular weight excluding hydrogens is 368 g/mol. The summed E-state index contributed by atoms with van der Waals surface area (Å²) in [5.41, 5.74) is 3.61. The van der Waals surface area contributed by atoms with Crippen molar-refractivity contribution in [2.45, 2.75) is 6.92 Å². The largest absolute Gasteiger partial charge is 0.497 e. The van der Waals surface area contributed by atoms with Crippen molar-refractivity contribution in [2.75, 3.05) is 27.7 Å². The van der Waals surface area contributed by atoms with Crippen LogP contribution >= 0.6 is 0 Å². The van der Waals surface area contributed by atoms with Crippen molar-refractivity contribution in [3.05, 3.63) is 65.9 Å². The van der Waals surface area contributed by atoms with Gasteiger partial charge >= 0.3 is 0 Å². The summed E-state index contributed by atoms with van der Waals surface area (Å²) in [7, 11) is 4.88. The Morgan fingerprint density at radius 2 is 1.86 bits per heavy atom. The highest BCUT2D eigenvalue weighted by molar-refractivity contribution is 6.01. The molecule has 0 aliphatic rings. The molecule has 0 aliphatic heterocycles. The van der Waals surface area contributed by atoms with Crippen molar-refractivity contribution in [1.29, 1.82) is 0 Å². The first-order valence-electron chi connectivity index (χ1n) is 9.18. The number of carbonyl (C=O) groups is 2. The summed E-state index contributed by atoms with van der Waals surface area (Å²) >= 11 is 0. The number of aryl methyl sites for hydroxylation is 1. The van der Waals surface area contributed by atoms with Gasteiger partial charge in [-0.3, -0.25) is 9.59 Å². The fourth-order valence-corrected chi connectivity index (χ4v) is 2.76. The zero-order valence-electron chi connectivity index (χ0n) is 17.0. The van der Waals surface area contributed by atoms with Crippen LogP contribution in [-0.2, 0) is 4.79 Å². The average molecular weight is 392 g/mol. The summed E-state index contributed by atoms with van der Waals surface area (Å²) in [4.78, 5) is 26.1. The topological polar surface area (TPSA) is 76.5 Å². The van der Waals surface area contributed by atoms with Gasteiger partial charge in [0, 0.05) is 25.9 Å². The standard InChI is InChI=1S/C22H24N4O3/c1-15-8-10-17(11-9-15)26-14-19(22(28)23-13-20(27)25(2)3)21(24-26)16-6-5-7-18(12-16)29-4/h5-12,14H,13H2,1-4H3,(H,23,28). The Morgan fingerprint density at radius 1 is 1.14 bits per heavy atom. The van der Waals surface area contributed by atoms with Gasteiger partial charge in [0.15, 0.2) is 0 Å². The summed E-state index contributed by atoms with van der Waals surface area (Å²) < 4.78 is 6.96. The smallest absolute Gasteiger partial charge is 0.255 e. The van der Waals surface area contributed by atoms with Crippen LogP contribution in [0.5, 0.6) is 5.75 Å². The molecule has 3 aromatic rings.